The molecule has 0 atom stereocenters. The Morgan fingerprint density at radius 2 is 1.67 bits per heavy atom. The molecule has 3 nitrogen and oxygen atoms in total. The monoisotopic (exact) mass is 343 g/mol. The fourth-order valence-electron chi connectivity index (χ4n) is 1.79. The van der Waals surface area contributed by atoms with E-state index < -0.39 is 10.0 Å². The van der Waals surface area contributed by atoms with Gasteiger partial charge in [0.1, 0.15) is 0 Å². The van der Waals surface area contributed by atoms with Gasteiger partial charge in [0.15, 0.2) is 0 Å². The molecule has 0 saturated carbocycles. The van der Waals surface area contributed by atoms with Crippen molar-refractivity contribution in [2.45, 2.75) is 25.3 Å². The van der Waals surface area contributed by atoms with Gasteiger partial charge in [0, 0.05) is 6.54 Å². The van der Waals surface area contributed by atoms with Crippen LogP contribution in [-0.2, 0) is 16.6 Å². The van der Waals surface area contributed by atoms with Gasteiger partial charge in [-0.15, -0.1) is 0 Å². The highest BCUT2D eigenvalue weighted by Crippen LogP contribution is 2.23. The summed E-state index contributed by atoms with van der Waals surface area (Å²) >= 11 is 11.7. The molecule has 0 aliphatic carbocycles. The average Bonchev–Trinajstić information content (AvgIpc) is 2.43. The minimum Gasteiger partial charge on any atom is -0.207 e. The second-order valence-electron chi connectivity index (χ2n) is 4.82. The largest absolute Gasteiger partial charge is 0.240 e. The normalized spacial score (nSPS) is 11.6. The minimum atomic E-state index is -3.55. The molecule has 2 aromatic carbocycles. The maximum atomic E-state index is 12.3. The van der Waals surface area contributed by atoms with E-state index >= 15 is 0 Å². The summed E-state index contributed by atoms with van der Waals surface area (Å²) in [4.78, 5) is 0.255. The van der Waals surface area contributed by atoms with Crippen LogP contribution in [0.5, 0.6) is 0 Å². The van der Waals surface area contributed by atoms with Gasteiger partial charge in [0.2, 0.25) is 10.0 Å². The Labute approximate surface area is 135 Å². The zero-order valence-electron chi connectivity index (χ0n) is 11.7. The predicted molar refractivity (Wildman–Crippen MR) is 86.4 cm³/mol. The van der Waals surface area contributed by atoms with Gasteiger partial charge >= 0.3 is 0 Å². The summed E-state index contributed by atoms with van der Waals surface area (Å²) < 4.78 is 27.1. The van der Waals surface area contributed by atoms with E-state index in [1.165, 1.54) is 0 Å². The van der Waals surface area contributed by atoms with Gasteiger partial charge in [-0.25, -0.2) is 13.1 Å². The summed E-state index contributed by atoms with van der Waals surface area (Å²) in [6.45, 7) is 3.98. The number of benzene rings is 2. The molecule has 0 saturated heterocycles. The molecule has 0 aliphatic heterocycles. The van der Waals surface area contributed by atoms with Gasteiger partial charge in [0.05, 0.1) is 14.9 Å². The Balaban J connectivity index is 2.17. The van der Waals surface area contributed by atoms with Crippen LogP contribution in [0.1, 0.15) is 16.7 Å². The fraction of sp³-hybridized carbons (Fsp3) is 0.200. The number of hydrogen-bond acceptors (Lipinski definition) is 2. The summed E-state index contributed by atoms with van der Waals surface area (Å²) in [6, 6.07) is 10.1. The predicted octanol–water partition coefficient (Wildman–Crippen LogP) is 4.09. The second kappa shape index (κ2) is 6.36. The first kappa shape index (κ1) is 16.3. The van der Waals surface area contributed by atoms with Gasteiger partial charge in [-0.2, -0.15) is 0 Å². The molecule has 0 unspecified atom stereocenters. The Morgan fingerprint density at radius 3 is 2.29 bits per heavy atom. The molecular weight excluding hydrogens is 329 g/mol. The third-order valence-electron chi connectivity index (χ3n) is 3.24. The molecule has 0 fully saturated rings. The number of hydrogen-bond donors (Lipinski definition) is 1. The van der Waals surface area contributed by atoms with Crippen molar-refractivity contribution in [2.24, 2.45) is 0 Å². The average molecular weight is 344 g/mol. The van der Waals surface area contributed by atoms with Crippen LogP contribution >= 0.6 is 23.2 Å². The Hall–Kier alpha value is -1.07. The van der Waals surface area contributed by atoms with Gasteiger partial charge in [0.25, 0.3) is 0 Å². The van der Waals surface area contributed by atoms with E-state index in [1.807, 2.05) is 13.8 Å². The highest BCUT2D eigenvalue weighted by Gasteiger charge is 2.14. The van der Waals surface area contributed by atoms with E-state index in [2.05, 4.69) is 4.72 Å². The summed E-state index contributed by atoms with van der Waals surface area (Å²) in [5.41, 5.74) is 2.74. The number of halogens is 2. The molecule has 0 aromatic heterocycles. The van der Waals surface area contributed by atoms with Gasteiger partial charge in [-0.05, 0) is 54.8 Å². The van der Waals surface area contributed by atoms with Crippen molar-refractivity contribution in [2.75, 3.05) is 0 Å². The summed E-state index contributed by atoms with van der Waals surface area (Å²) in [6.07, 6.45) is 0. The van der Waals surface area contributed by atoms with Gasteiger partial charge in [-0.3, -0.25) is 0 Å². The van der Waals surface area contributed by atoms with E-state index in [4.69, 9.17) is 23.2 Å². The van der Waals surface area contributed by atoms with Crippen LogP contribution in [0.2, 0.25) is 10.0 Å². The van der Waals surface area contributed by atoms with Crippen molar-refractivity contribution >= 4 is 33.2 Å². The Bertz CT molecular complexity index is 773. The zero-order chi connectivity index (χ0) is 15.6. The zero-order valence-corrected chi connectivity index (χ0v) is 14.0. The van der Waals surface area contributed by atoms with Gasteiger partial charge in [-0.1, -0.05) is 35.3 Å². The first-order chi connectivity index (χ1) is 9.79. The first-order valence-corrected chi connectivity index (χ1v) is 8.54. The van der Waals surface area contributed by atoms with Crippen LogP contribution in [0.4, 0.5) is 0 Å². The molecule has 21 heavy (non-hydrogen) atoms. The van der Waals surface area contributed by atoms with E-state index in [-0.39, 0.29) is 11.4 Å². The highest BCUT2D eigenvalue weighted by atomic mass is 35.5. The molecule has 0 radical (unpaired) electrons. The van der Waals surface area contributed by atoms with Crippen molar-refractivity contribution in [3.05, 3.63) is 63.1 Å². The number of aryl methyl sites for hydroxylation is 2. The molecule has 0 amide bonds. The van der Waals surface area contributed by atoms with E-state index in [9.17, 15) is 8.42 Å². The summed E-state index contributed by atoms with van der Waals surface area (Å²) in [7, 11) is -3.55. The van der Waals surface area contributed by atoms with Crippen LogP contribution in [0.3, 0.4) is 0 Å². The highest BCUT2D eigenvalue weighted by molar-refractivity contribution is 7.89. The van der Waals surface area contributed by atoms with Crippen molar-refractivity contribution in [3.63, 3.8) is 0 Å². The third-order valence-corrected chi connectivity index (χ3v) is 5.38. The van der Waals surface area contributed by atoms with Crippen molar-refractivity contribution in [1.82, 2.24) is 4.72 Å². The second-order valence-corrected chi connectivity index (χ2v) is 7.40. The minimum absolute atomic E-state index is 0.159. The Morgan fingerprint density at radius 1 is 0.952 bits per heavy atom. The number of rotatable bonds is 4. The molecule has 112 valence electrons. The van der Waals surface area contributed by atoms with E-state index in [1.54, 1.807) is 36.4 Å². The van der Waals surface area contributed by atoms with Crippen LogP contribution < -0.4 is 4.72 Å². The quantitative estimate of drug-likeness (QED) is 0.908. The lowest BCUT2D eigenvalue weighted by atomic mass is 10.1. The number of sulfonamides is 1. The SMILES string of the molecule is Cc1ccc(S(=O)(=O)NCc2ccc(Cl)c(Cl)c2)cc1C. The van der Waals surface area contributed by atoms with Crippen molar-refractivity contribution < 1.29 is 8.42 Å². The molecule has 0 bridgehead atoms. The van der Waals surface area contributed by atoms with Crippen LogP contribution in [0, 0.1) is 13.8 Å². The molecule has 0 heterocycles. The molecule has 0 aliphatic rings. The van der Waals surface area contributed by atoms with Crippen molar-refractivity contribution in [1.29, 1.82) is 0 Å². The molecule has 0 spiro atoms. The van der Waals surface area contributed by atoms with Gasteiger partial charge < -0.3 is 0 Å². The topological polar surface area (TPSA) is 46.2 Å². The molecule has 2 aromatic rings. The fourth-order valence-corrected chi connectivity index (χ4v) is 3.22. The third kappa shape index (κ3) is 3.98. The Kier molecular flexibility index (Phi) is 4.94. The van der Waals surface area contributed by atoms with E-state index in [0.29, 0.717) is 10.0 Å². The summed E-state index contributed by atoms with van der Waals surface area (Å²) in [5, 5.41) is 0.844. The smallest absolute Gasteiger partial charge is 0.207 e. The lowest BCUT2D eigenvalue weighted by molar-refractivity contribution is 0.581. The molecular formula is C15H15Cl2NO2S. The van der Waals surface area contributed by atoms with E-state index in [0.717, 1.165) is 16.7 Å². The molecule has 1 N–H and O–H groups in total. The number of nitrogens with one attached hydrogen (secondary N) is 1. The van der Waals surface area contributed by atoms with Crippen molar-refractivity contribution in [3.8, 4) is 0 Å². The lowest BCUT2D eigenvalue weighted by Crippen LogP contribution is -2.23. The maximum Gasteiger partial charge on any atom is 0.240 e. The van der Waals surface area contributed by atoms with Crippen LogP contribution in [0.15, 0.2) is 41.3 Å². The van der Waals surface area contributed by atoms with Crippen LogP contribution in [0.25, 0.3) is 0 Å². The maximum absolute atomic E-state index is 12.3. The summed E-state index contributed by atoms with van der Waals surface area (Å²) in [5.74, 6) is 0. The molecule has 2 rings (SSSR count). The van der Waals surface area contributed by atoms with Crippen LogP contribution in [-0.4, -0.2) is 8.42 Å². The molecule has 6 heteroatoms. The standard InChI is InChI=1S/C15H15Cl2NO2S/c1-10-3-5-13(7-11(10)2)21(19,20)18-9-12-4-6-14(16)15(17)8-12/h3-8,18H,9H2,1-2H3. The lowest BCUT2D eigenvalue weighted by Gasteiger charge is -2.09. The first-order valence-electron chi connectivity index (χ1n) is 6.30.